The van der Waals surface area contributed by atoms with Crippen molar-refractivity contribution >= 4 is 11.8 Å². The van der Waals surface area contributed by atoms with Crippen LogP contribution in [0.25, 0.3) is 0 Å². The molecule has 0 spiro atoms. The third-order valence-electron chi connectivity index (χ3n) is 6.13. The van der Waals surface area contributed by atoms with Gasteiger partial charge in [0.25, 0.3) is 0 Å². The van der Waals surface area contributed by atoms with Crippen LogP contribution in [0.3, 0.4) is 0 Å². The summed E-state index contributed by atoms with van der Waals surface area (Å²) in [7, 11) is 0. The van der Waals surface area contributed by atoms with Gasteiger partial charge in [-0.25, -0.2) is 0 Å². The Bertz CT molecular complexity index is 544. The number of epoxide rings is 1. The predicted molar refractivity (Wildman–Crippen MR) is 96.2 cm³/mol. The fourth-order valence-corrected chi connectivity index (χ4v) is 4.15. The Morgan fingerprint density at radius 1 is 1.12 bits per heavy atom. The van der Waals surface area contributed by atoms with Crippen LogP contribution in [0.4, 0.5) is 0 Å². The number of cyclic esters (lactones) is 1. The van der Waals surface area contributed by atoms with Crippen molar-refractivity contribution in [1.29, 1.82) is 0 Å². The number of Topliss-reactive ketones (excluding diaryl/α,β-unsaturated/α-hetero) is 1. The van der Waals surface area contributed by atoms with E-state index < -0.39 is 28.9 Å². The lowest BCUT2D eigenvalue weighted by atomic mass is 9.75. The molecule has 5 atom stereocenters. The molecule has 6 nitrogen and oxygen atoms in total. The van der Waals surface area contributed by atoms with Gasteiger partial charge in [-0.2, -0.15) is 0 Å². The van der Waals surface area contributed by atoms with Crippen molar-refractivity contribution < 1.29 is 29.3 Å². The maximum atomic E-state index is 12.8. The van der Waals surface area contributed by atoms with Gasteiger partial charge < -0.3 is 19.7 Å². The number of esters is 1. The minimum absolute atomic E-state index is 0.0598. The molecule has 0 aromatic carbocycles. The third kappa shape index (κ3) is 4.46. The molecule has 0 radical (unpaired) electrons. The highest BCUT2D eigenvalue weighted by Gasteiger charge is 2.70. The zero-order valence-electron chi connectivity index (χ0n) is 16.7. The summed E-state index contributed by atoms with van der Waals surface area (Å²) in [5, 5.41) is 20.7. The Labute approximate surface area is 156 Å². The van der Waals surface area contributed by atoms with Crippen LogP contribution in [0.5, 0.6) is 0 Å². The Kier molecular flexibility index (Phi) is 6.20. The van der Waals surface area contributed by atoms with E-state index in [0.717, 1.165) is 19.3 Å². The number of carbonyl (C=O) groups is 2. The van der Waals surface area contributed by atoms with Crippen LogP contribution >= 0.6 is 0 Å². The molecule has 26 heavy (non-hydrogen) atoms. The summed E-state index contributed by atoms with van der Waals surface area (Å²) >= 11 is 0. The average Bonchev–Trinajstić information content (AvgIpc) is 3.11. The summed E-state index contributed by atoms with van der Waals surface area (Å²) in [6.45, 7) is 9.28. The zero-order valence-corrected chi connectivity index (χ0v) is 16.7. The van der Waals surface area contributed by atoms with E-state index in [4.69, 9.17) is 9.47 Å². The Hall–Kier alpha value is -0.980. The maximum absolute atomic E-state index is 12.8. The van der Waals surface area contributed by atoms with Crippen LogP contribution < -0.4 is 0 Å². The summed E-state index contributed by atoms with van der Waals surface area (Å²) in [5.41, 5.74) is -1.41. The molecule has 2 saturated heterocycles. The van der Waals surface area contributed by atoms with Crippen LogP contribution in [0.15, 0.2) is 0 Å². The number of ether oxygens (including phenoxy) is 2. The second-order valence-corrected chi connectivity index (χ2v) is 9.11. The normalized spacial score (nSPS) is 42.7. The first-order chi connectivity index (χ1) is 11.9. The zero-order chi connectivity index (χ0) is 19.8. The Balaban J connectivity index is 2.09. The number of hydrogen-bond donors (Lipinski definition) is 2. The fourth-order valence-electron chi connectivity index (χ4n) is 4.15. The van der Waals surface area contributed by atoms with Gasteiger partial charge in [0.05, 0.1) is 0 Å². The number of aliphatic hydroxyl groups is 2. The van der Waals surface area contributed by atoms with Crippen molar-refractivity contribution in [2.45, 2.75) is 90.6 Å². The highest BCUT2D eigenvalue weighted by Crippen LogP contribution is 2.51. The van der Waals surface area contributed by atoms with Gasteiger partial charge in [0.15, 0.2) is 0 Å². The van der Waals surface area contributed by atoms with Gasteiger partial charge in [-0.1, -0.05) is 40.5 Å². The number of hydrogen-bond acceptors (Lipinski definition) is 6. The SMILES string of the molecule is CC1CCCC2(C)OC2(O)C(O)COC(=O)CCC(C)(C)C(=O)C(C)C1. The van der Waals surface area contributed by atoms with Crippen molar-refractivity contribution in [3.8, 4) is 0 Å². The van der Waals surface area contributed by atoms with Gasteiger partial charge in [-0.15, -0.1) is 0 Å². The molecule has 0 saturated carbocycles. The number of rotatable bonds is 0. The largest absolute Gasteiger partial charge is 0.463 e. The van der Waals surface area contributed by atoms with Crippen LogP contribution in [0.2, 0.25) is 0 Å². The lowest BCUT2D eigenvalue weighted by molar-refractivity contribution is -0.155. The summed E-state index contributed by atoms with van der Waals surface area (Å²) in [6.07, 6.45) is 2.39. The molecule has 150 valence electrons. The van der Waals surface area contributed by atoms with E-state index in [1.54, 1.807) is 6.92 Å². The quantitative estimate of drug-likeness (QED) is 0.502. The molecule has 0 aromatic heterocycles. The van der Waals surface area contributed by atoms with Crippen molar-refractivity contribution in [2.75, 3.05) is 6.61 Å². The summed E-state index contributed by atoms with van der Waals surface area (Å²) in [5.74, 6) is -1.64. The molecular weight excluding hydrogens is 336 g/mol. The summed E-state index contributed by atoms with van der Waals surface area (Å²) in [4.78, 5) is 24.8. The molecule has 2 N–H and O–H groups in total. The molecule has 2 aliphatic rings. The van der Waals surface area contributed by atoms with E-state index in [-0.39, 0.29) is 24.7 Å². The molecular formula is C20H34O6. The Morgan fingerprint density at radius 3 is 2.42 bits per heavy atom. The average molecular weight is 370 g/mol. The molecule has 0 bridgehead atoms. The van der Waals surface area contributed by atoms with E-state index in [1.807, 2.05) is 20.8 Å². The van der Waals surface area contributed by atoms with Crippen LogP contribution in [-0.4, -0.2) is 46.1 Å². The monoisotopic (exact) mass is 370 g/mol. The molecule has 0 aromatic rings. The van der Waals surface area contributed by atoms with Crippen LogP contribution in [0, 0.1) is 17.3 Å². The maximum Gasteiger partial charge on any atom is 0.305 e. The molecule has 6 heteroatoms. The molecule has 5 unspecified atom stereocenters. The Morgan fingerprint density at radius 2 is 1.77 bits per heavy atom. The van der Waals surface area contributed by atoms with Gasteiger partial charge in [0.1, 0.15) is 24.1 Å². The van der Waals surface area contributed by atoms with Crippen molar-refractivity contribution in [3.05, 3.63) is 0 Å². The van der Waals surface area contributed by atoms with E-state index in [9.17, 15) is 19.8 Å². The van der Waals surface area contributed by atoms with E-state index in [2.05, 4.69) is 6.92 Å². The van der Waals surface area contributed by atoms with Gasteiger partial charge in [0.2, 0.25) is 5.79 Å². The van der Waals surface area contributed by atoms with Gasteiger partial charge in [-0.05, 0) is 32.1 Å². The molecule has 2 heterocycles. The number of fused-ring (bicyclic) bond motifs is 1. The first kappa shape index (κ1) is 21.3. The second-order valence-electron chi connectivity index (χ2n) is 9.11. The minimum atomic E-state index is -1.66. The van der Waals surface area contributed by atoms with E-state index >= 15 is 0 Å². The van der Waals surface area contributed by atoms with E-state index in [1.165, 1.54) is 0 Å². The van der Waals surface area contributed by atoms with Gasteiger partial charge in [0, 0.05) is 17.8 Å². The highest BCUT2D eigenvalue weighted by atomic mass is 16.8. The minimum Gasteiger partial charge on any atom is -0.463 e. The van der Waals surface area contributed by atoms with E-state index in [0.29, 0.717) is 18.8 Å². The van der Waals surface area contributed by atoms with Gasteiger partial charge in [-0.3, -0.25) is 9.59 Å². The number of carbonyl (C=O) groups excluding carboxylic acids is 2. The lowest BCUT2D eigenvalue weighted by Gasteiger charge is -2.28. The summed E-state index contributed by atoms with van der Waals surface area (Å²) < 4.78 is 10.5. The molecule has 2 rings (SSSR count). The predicted octanol–water partition coefficient (Wildman–Crippen LogP) is 2.59. The van der Waals surface area contributed by atoms with Crippen molar-refractivity contribution in [2.24, 2.45) is 17.3 Å². The molecule has 0 amide bonds. The first-order valence-electron chi connectivity index (χ1n) is 9.72. The molecule has 2 fully saturated rings. The van der Waals surface area contributed by atoms with Crippen molar-refractivity contribution in [1.82, 2.24) is 0 Å². The van der Waals surface area contributed by atoms with Crippen molar-refractivity contribution in [3.63, 3.8) is 0 Å². The highest BCUT2D eigenvalue weighted by molar-refractivity contribution is 5.86. The molecule has 0 aliphatic carbocycles. The van der Waals surface area contributed by atoms with Crippen LogP contribution in [-0.2, 0) is 19.1 Å². The topological polar surface area (TPSA) is 96.4 Å². The second kappa shape index (κ2) is 7.56. The lowest BCUT2D eigenvalue weighted by Crippen LogP contribution is -2.40. The third-order valence-corrected chi connectivity index (χ3v) is 6.13. The number of ketones is 1. The van der Waals surface area contributed by atoms with Gasteiger partial charge >= 0.3 is 5.97 Å². The first-order valence-corrected chi connectivity index (χ1v) is 9.72. The fraction of sp³-hybridized carbons (Fsp3) is 0.900. The molecule has 2 aliphatic heterocycles. The number of aliphatic hydroxyl groups excluding tert-OH is 1. The standard InChI is InChI=1S/C20H34O6/c1-13-7-6-9-19(5)20(24,26-19)15(21)12-25-16(22)8-10-18(3,4)17(23)14(2)11-13/h13-15,21,24H,6-12H2,1-5H3. The smallest absolute Gasteiger partial charge is 0.305 e. The summed E-state index contributed by atoms with van der Waals surface area (Å²) in [6, 6.07) is 0. The van der Waals surface area contributed by atoms with Crippen LogP contribution in [0.1, 0.15) is 73.1 Å².